The highest BCUT2D eigenvalue weighted by Gasteiger charge is 2.18. The number of thioether (sulfide) groups is 1. The van der Waals surface area contributed by atoms with Crippen molar-refractivity contribution in [1.82, 2.24) is 10.6 Å². The smallest absolute Gasteiger partial charge is 0.407 e. The molecule has 2 atom stereocenters. The number of hydrogen-bond donors (Lipinski definition) is 2. The lowest BCUT2D eigenvalue weighted by molar-refractivity contribution is 0.0521. The summed E-state index contributed by atoms with van der Waals surface area (Å²) in [6, 6.07) is 9.01. The maximum Gasteiger partial charge on any atom is 0.407 e. The summed E-state index contributed by atoms with van der Waals surface area (Å²) in [5.74, 6) is 0. The molecule has 4 nitrogen and oxygen atoms in total. The molecule has 0 fully saturated rings. The second-order valence-corrected chi connectivity index (χ2v) is 7.53. The fourth-order valence-corrected chi connectivity index (χ4v) is 2.59. The lowest BCUT2D eigenvalue weighted by Crippen LogP contribution is -2.43. The van der Waals surface area contributed by atoms with E-state index in [2.05, 4.69) is 55.0 Å². The molecule has 0 aliphatic carbocycles. The minimum absolute atomic E-state index is 0.206. The Morgan fingerprint density at radius 1 is 1.26 bits per heavy atom. The molecule has 1 aromatic carbocycles. The third kappa shape index (κ3) is 7.75. The molecule has 2 unspecified atom stereocenters. The Morgan fingerprint density at radius 3 is 2.35 bits per heavy atom. The van der Waals surface area contributed by atoms with Gasteiger partial charge < -0.3 is 15.4 Å². The van der Waals surface area contributed by atoms with Gasteiger partial charge >= 0.3 is 6.09 Å². The summed E-state index contributed by atoms with van der Waals surface area (Å²) in [6.07, 6.45) is 2.64. The molecule has 130 valence electrons. The molecule has 2 N–H and O–H groups in total. The lowest BCUT2D eigenvalue weighted by atomic mass is 10.1. The van der Waals surface area contributed by atoms with Gasteiger partial charge in [0.25, 0.3) is 0 Å². The molecule has 0 aromatic heterocycles. The number of nitrogens with one attached hydrogen (secondary N) is 2. The van der Waals surface area contributed by atoms with E-state index in [1.165, 1.54) is 10.5 Å². The van der Waals surface area contributed by atoms with Gasteiger partial charge in [-0.25, -0.2) is 4.79 Å². The van der Waals surface area contributed by atoms with Crippen molar-refractivity contribution in [1.29, 1.82) is 0 Å². The van der Waals surface area contributed by atoms with Crippen LogP contribution in [0.2, 0.25) is 0 Å². The Hall–Kier alpha value is -1.20. The number of carbonyl (C=O) groups is 1. The van der Waals surface area contributed by atoms with Crippen molar-refractivity contribution in [2.45, 2.75) is 63.6 Å². The molecule has 0 heterocycles. The highest BCUT2D eigenvalue weighted by Crippen LogP contribution is 2.19. The van der Waals surface area contributed by atoms with Gasteiger partial charge in [0.2, 0.25) is 0 Å². The van der Waals surface area contributed by atoms with Gasteiger partial charge in [0.1, 0.15) is 5.60 Å². The standard InChI is InChI=1S/C18H30N2O2S/c1-7-15(12-19-17(21)22-18(3,4)5)20-13(2)14-8-10-16(23-6)11-9-14/h8-11,13,15,20H,7,12H2,1-6H3,(H,19,21). The van der Waals surface area contributed by atoms with Crippen LogP contribution in [0.15, 0.2) is 29.2 Å². The van der Waals surface area contributed by atoms with Crippen molar-refractivity contribution in [3.63, 3.8) is 0 Å². The lowest BCUT2D eigenvalue weighted by Gasteiger charge is -2.24. The highest BCUT2D eigenvalue weighted by molar-refractivity contribution is 7.98. The monoisotopic (exact) mass is 338 g/mol. The Labute approximate surface area is 144 Å². The number of carbonyl (C=O) groups excluding carboxylic acids is 1. The maximum absolute atomic E-state index is 11.7. The Bertz CT molecular complexity index is 483. The first-order chi connectivity index (χ1) is 10.7. The Morgan fingerprint density at radius 2 is 1.87 bits per heavy atom. The van der Waals surface area contributed by atoms with Crippen LogP contribution in [-0.4, -0.2) is 30.5 Å². The Balaban J connectivity index is 2.49. The summed E-state index contributed by atoms with van der Waals surface area (Å²) in [5, 5.41) is 6.40. The summed E-state index contributed by atoms with van der Waals surface area (Å²) < 4.78 is 5.27. The molecule has 1 rings (SSSR count). The summed E-state index contributed by atoms with van der Waals surface area (Å²) >= 11 is 1.74. The van der Waals surface area contributed by atoms with Crippen LogP contribution < -0.4 is 10.6 Å². The van der Waals surface area contributed by atoms with Gasteiger partial charge in [-0.3, -0.25) is 0 Å². The first kappa shape index (κ1) is 19.8. The topological polar surface area (TPSA) is 50.4 Å². The third-order valence-corrected chi connectivity index (χ3v) is 4.23. The molecule has 23 heavy (non-hydrogen) atoms. The second-order valence-electron chi connectivity index (χ2n) is 6.65. The normalized spacial score (nSPS) is 14.2. The molecule has 5 heteroatoms. The van der Waals surface area contributed by atoms with E-state index in [9.17, 15) is 4.79 Å². The summed E-state index contributed by atoms with van der Waals surface area (Å²) in [7, 11) is 0. The minimum Gasteiger partial charge on any atom is -0.444 e. The number of amides is 1. The van der Waals surface area contributed by atoms with Crippen LogP contribution >= 0.6 is 11.8 Å². The maximum atomic E-state index is 11.7. The Kier molecular flexibility index (Phi) is 7.92. The zero-order valence-electron chi connectivity index (χ0n) is 15.1. The fourth-order valence-electron chi connectivity index (χ4n) is 2.18. The van der Waals surface area contributed by atoms with E-state index in [-0.39, 0.29) is 18.2 Å². The molecule has 0 spiro atoms. The van der Waals surface area contributed by atoms with Crippen molar-refractivity contribution in [3.8, 4) is 0 Å². The molecule has 0 saturated heterocycles. The van der Waals surface area contributed by atoms with Gasteiger partial charge in [0, 0.05) is 23.5 Å². The molecule has 1 aromatic rings. The SMILES string of the molecule is CCC(CNC(=O)OC(C)(C)C)NC(C)c1ccc(SC)cc1. The summed E-state index contributed by atoms with van der Waals surface area (Å²) in [5.41, 5.74) is 0.782. The number of hydrogen-bond acceptors (Lipinski definition) is 4. The van der Waals surface area contributed by atoms with Crippen LogP contribution in [0.5, 0.6) is 0 Å². The molecule has 0 aliphatic heterocycles. The van der Waals surface area contributed by atoms with Crippen molar-refractivity contribution in [3.05, 3.63) is 29.8 Å². The molecular formula is C18H30N2O2S. The van der Waals surface area contributed by atoms with Crippen LogP contribution in [0, 0.1) is 0 Å². The van der Waals surface area contributed by atoms with Gasteiger partial charge in [-0.15, -0.1) is 11.8 Å². The van der Waals surface area contributed by atoms with E-state index in [4.69, 9.17) is 4.74 Å². The van der Waals surface area contributed by atoms with Crippen LogP contribution in [0.1, 0.15) is 52.6 Å². The molecule has 0 saturated carbocycles. The number of ether oxygens (including phenoxy) is 1. The molecule has 0 radical (unpaired) electrons. The average Bonchev–Trinajstić information content (AvgIpc) is 2.49. The van der Waals surface area contributed by atoms with Gasteiger partial charge in [0.05, 0.1) is 0 Å². The predicted molar refractivity (Wildman–Crippen MR) is 98.1 cm³/mol. The van der Waals surface area contributed by atoms with E-state index in [0.29, 0.717) is 6.54 Å². The second kappa shape index (κ2) is 9.18. The zero-order valence-corrected chi connectivity index (χ0v) is 15.9. The fraction of sp³-hybridized carbons (Fsp3) is 0.611. The first-order valence-electron chi connectivity index (χ1n) is 8.12. The molecule has 0 bridgehead atoms. The molecule has 0 aliphatic rings. The number of rotatable bonds is 7. The van der Waals surface area contributed by atoms with Crippen molar-refractivity contribution >= 4 is 17.9 Å². The van der Waals surface area contributed by atoms with E-state index in [0.717, 1.165) is 6.42 Å². The minimum atomic E-state index is -0.467. The quantitative estimate of drug-likeness (QED) is 0.725. The molecule has 1 amide bonds. The zero-order chi connectivity index (χ0) is 17.5. The van der Waals surface area contributed by atoms with Gasteiger partial charge in [-0.05, 0) is 58.1 Å². The summed E-state index contributed by atoms with van der Waals surface area (Å²) in [6.45, 7) is 10.4. The largest absolute Gasteiger partial charge is 0.444 e. The van der Waals surface area contributed by atoms with Crippen LogP contribution in [0.25, 0.3) is 0 Å². The summed E-state index contributed by atoms with van der Waals surface area (Å²) in [4.78, 5) is 13.0. The van der Waals surface area contributed by atoms with E-state index < -0.39 is 5.60 Å². The van der Waals surface area contributed by atoms with E-state index >= 15 is 0 Å². The van der Waals surface area contributed by atoms with Gasteiger partial charge in [-0.1, -0.05) is 19.1 Å². The molecular weight excluding hydrogens is 308 g/mol. The van der Waals surface area contributed by atoms with Crippen LogP contribution in [0.4, 0.5) is 4.79 Å². The van der Waals surface area contributed by atoms with Crippen LogP contribution in [0.3, 0.4) is 0 Å². The average molecular weight is 339 g/mol. The van der Waals surface area contributed by atoms with Crippen LogP contribution in [-0.2, 0) is 4.74 Å². The van der Waals surface area contributed by atoms with Crippen molar-refractivity contribution < 1.29 is 9.53 Å². The van der Waals surface area contributed by atoms with Crippen molar-refractivity contribution in [2.24, 2.45) is 0 Å². The third-order valence-electron chi connectivity index (χ3n) is 3.49. The number of alkyl carbamates (subject to hydrolysis) is 1. The predicted octanol–water partition coefficient (Wildman–Crippen LogP) is 4.36. The van der Waals surface area contributed by atoms with Gasteiger partial charge in [-0.2, -0.15) is 0 Å². The van der Waals surface area contributed by atoms with Gasteiger partial charge in [0.15, 0.2) is 0 Å². The van der Waals surface area contributed by atoms with E-state index in [1.807, 2.05) is 20.8 Å². The highest BCUT2D eigenvalue weighted by atomic mass is 32.2. The number of benzene rings is 1. The first-order valence-corrected chi connectivity index (χ1v) is 9.34. The van der Waals surface area contributed by atoms with E-state index in [1.54, 1.807) is 11.8 Å². The van der Waals surface area contributed by atoms with Crippen molar-refractivity contribution in [2.75, 3.05) is 12.8 Å².